The van der Waals surface area contributed by atoms with Crippen LogP contribution in [0.25, 0.3) is 5.69 Å². The minimum Gasteiger partial charge on any atom is -0.369 e. The third-order valence-corrected chi connectivity index (χ3v) is 6.17. The molecule has 0 unspecified atom stereocenters. The summed E-state index contributed by atoms with van der Waals surface area (Å²) in [5.41, 5.74) is 0.739. The van der Waals surface area contributed by atoms with E-state index in [1.165, 1.54) is 18.2 Å². The lowest BCUT2D eigenvalue weighted by molar-refractivity contribution is -0.137. The molecule has 1 fully saturated rings. The average molecular weight is 500 g/mol. The zero-order valence-electron chi connectivity index (χ0n) is 20.0. The first-order valence-electron chi connectivity index (χ1n) is 11.8. The molecule has 3 aromatic rings. The van der Waals surface area contributed by atoms with E-state index >= 15 is 0 Å². The van der Waals surface area contributed by atoms with Gasteiger partial charge in [-0.3, -0.25) is 14.5 Å². The molecule has 36 heavy (non-hydrogen) atoms. The second-order valence-corrected chi connectivity index (χ2v) is 8.73. The molecule has 0 bridgehead atoms. The van der Waals surface area contributed by atoms with Crippen molar-refractivity contribution < 1.29 is 18.0 Å². The summed E-state index contributed by atoms with van der Waals surface area (Å²) in [5, 5.41) is 7.05. The minimum atomic E-state index is -4.36. The number of aryl methyl sites for hydroxylation is 1. The van der Waals surface area contributed by atoms with Crippen LogP contribution in [-0.2, 0) is 6.18 Å². The van der Waals surface area contributed by atoms with E-state index in [0.29, 0.717) is 50.5 Å². The van der Waals surface area contributed by atoms with Crippen molar-refractivity contribution >= 4 is 11.6 Å². The van der Waals surface area contributed by atoms with Crippen LogP contribution in [0.5, 0.6) is 0 Å². The Hall–Kier alpha value is -3.66. The molecule has 0 spiro atoms. The second-order valence-electron chi connectivity index (χ2n) is 8.73. The predicted molar refractivity (Wildman–Crippen MR) is 132 cm³/mol. The number of aromatic nitrogens is 2. The van der Waals surface area contributed by atoms with Gasteiger partial charge in [0.15, 0.2) is 5.69 Å². The molecule has 1 aliphatic heterocycles. The van der Waals surface area contributed by atoms with Crippen molar-refractivity contribution in [2.75, 3.05) is 44.2 Å². The van der Waals surface area contributed by atoms with E-state index in [4.69, 9.17) is 0 Å². The molecule has 1 aliphatic rings. The van der Waals surface area contributed by atoms with E-state index in [-0.39, 0.29) is 5.69 Å². The van der Waals surface area contributed by atoms with Gasteiger partial charge in [0.2, 0.25) is 5.43 Å². The summed E-state index contributed by atoms with van der Waals surface area (Å²) in [6.45, 7) is 5.55. The van der Waals surface area contributed by atoms with Crippen LogP contribution in [0, 0.1) is 6.92 Å². The maximum Gasteiger partial charge on any atom is 0.416 e. The first-order chi connectivity index (χ1) is 17.2. The normalized spacial score (nSPS) is 14.6. The van der Waals surface area contributed by atoms with E-state index < -0.39 is 23.1 Å². The number of rotatable bonds is 7. The molecular weight excluding hydrogens is 471 g/mol. The van der Waals surface area contributed by atoms with Crippen LogP contribution in [0.4, 0.5) is 18.9 Å². The topological polar surface area (TPSA) is 70.5 Å². The Balaban J connectivity index is 1.26. The van der Waals surface area contributed by atoms with Crippen molar-refractivity contribution in [2.45, 2.75) is 19.5 Å². The largest absolute Gasteiger partial charge is 0.416 e. The number of benzene rings is 2. The standard InChI is InChI=1S/C26H28F3N5O2/c1-19-17-23(35)24(31-34(19)21-8-3-2-4-9-21)25(36)30-11-6-12-32-13-15-33(16-14-32)22-10-5-7-20(18-22)26(27,28)29/h2-5,7-10,17-18H,6,11-16H2,1H3,(H,30,36). The van der Waals surface area contributed by atoms with Crippen LogP contribution in [0.3, 0.4) is 0 Å². The molecule has 0 aliphatic carbocycles. The summed E-state index contributed by atoms with van der Waals surface area (Å²) in [5.74, 6) is -0.515. The highest BCUT2D eigenvalue weighted by molar-refractivity contribution is 5.92. The monoisotopic (exact) mass is 499 g/mol. The van der Waals surface area contributed by atoms with Gasteiger partial charge in [-0.05, 0) is 50.2 Å². The number of hydrogen-bond donors (Lipinski definition) is 1. The van der Waals surface area contributed by atoms with E-state index in [0.717, 1.165) is 18.3 Å². The van der Waals surface area contributed by atoms with Gasteiger partial charge in [0.05, 0.1) is 11.3 Å². The smallest absolute Gasteiger partial charge is 0.369 e. The highest BCUT2D eigenvalue weighted by atomic mass is 19.4. The van der Waals surface area contributed by atoms with Gasteiger partial charge in [0, 0.05) is 50.2 Å². The van der Waals surface area contributed by atoms with Gasteiger partial charge in [-0.15, -0.1) is 0 Å². The predicted octanol–water partition coefficient (Wildman–Crippen LogP) is 3.50. The Kier molecular flexibility index (Phi) is 7.73. The Morgan fingerprint density at radius 2 is 1.67 bits per heavy atom. The molecule has 7 nitrogen and oxygen atoms in total. The molecule has 190 valence electrons. The van der Waals surface area contributed by atoms with Gasteiger partial charge >= 0.3 is 6.18 Å². The number of para-hydroxylation sites is 1. The Morgan fingerprint density at radius 1 is 0.972 bits per heavy atom. The molecule has 1 amide bonds. The number of amides is 1. The van der Waals surface area contributed by atoms with E-state index in [2.05, 4.69) is 15.3 Å². The number of anilines is 1. The Morgan fingerprint density at radius 3 is 2.36 bits per heavy atom. The summed E-state index contributed by atoms with van der Waals surface area (Å²) in [6.07, 6.45) is -3.68. The van der Waals surface area contributed by atoms with Crippen molar-refractivity contribution in [2.24, 2.45) is 0 Å². The van der Waals surface area contributed by atoms with Crippen LogP contribution >= 0.6 is 0 Å². The zero-order chi connectivity index (χ0) is 25.7. The number of nitrogens with one attached hydrogen (secondary N) is 1. The van der Waals surface area contributed by atoms with Gasteiger partial charge < -0.3 is 10.2 Å². The average Bonchev–Trinajstić information content (AvgIpc) is 2.87. The molecule has 1 N–H and O–H groups in total. The van der Waals surface area contributed by atoms with E-state index in [1.54, 1.807) is 17.7 Å². The van der Waals surface area contributed by atoms with Crippen molar-refractivity contribution in [3.8, 4) is 5.69 Å². The molecular formula is C26H28F3N5O2. The fraction of sp³-hybridized carbons (Fsp3) is 0.346. The first-order valence-corrected chi connectivity index (χ1v) is 11.8. The Labute approximate surface area is 207 Å². The van der Waals surface area contributed by atoms with Crippen LogP contribution in [-0.4, -0.2) is 59.9 Å². The molecule has 0 saturated carbocycles. The number of carbonyl (C=O) groups excluding carboxylic acids is 1. The first kappa shape index (κ1) is 25.4. The van der Waals surface area contributed by atoms with E-state index in [9.17, 15) is 22.8 Å². The minimum absolute atomic E-state index is 0.154. The molecule has 2 heterocycles. The summed E-state index contributed by atoms with van der Waals surface area (Å²) in [7, 11) is 0. The van der Waals surface area contributed by atoms with Crippen LogP contribution in [0.1, 0.15) is 28.2 Å². The molecule has 1 saturated heterocycles. The lowest BCUT2D eigenvalue weighted by Gasteiger charge is -2.36. The van der Waals surface area contributed by atoms with Gasteiger partial charge in [-0.2, -0.15) is 18.3 Å². The molecule has 1 aromatic heterocycles. The lowest BCUT2D eigenvalue weighted by atomic mass is 10.1. The van der Waals surface area contributed by atoms with Crippen molar-refractivity contribution in [1.29, 1.82) is 0 Å². The van der Waals surface area contributed by atoms with Crippen LogP contribution < -0.4 is 15.6 Å². The fourth-order valence-electron chi connectivity index (χ4n) is 4.23. The van der Waals surface area contributed by atoms with Gasteiger partial charge in [-0.25, -0.2) is 4.68 Å². The molecule has 4 rings (SSSR count). The number of hydrogen-bond acceptors (Lipinski definition) is 5. The Bertz CT molecular complexity index is 1250. The van der Waals surface area contributed by atoms with Gasteiger partial charge in [0.1, 0.15) is 0 Å². The van der Waals surface area contributed by atoms with E-state index in [1.807, 2.05) is 35.2 Å². The lowest BCUT2D eigenvalue weighted by Crippen LogP contribution is -2.47. The quantitative estimate of drug-likeness (QED) is 0.504. The van der Waals surface area contributed by atoms with Gasteiger partial charge in [0.25, 0.3) is 5.91 Å². The molecule has 10 heteroatoms. The fourth-order valence-corrected chi connectivity index (χ4v) is 4.23. The third kappa shape index (κ3) is 6.12. The second kappa shape index (κ2) is 10.9. The number of halogens is 3. The van der Waals surface area contributed by atoms with Crippen LogP contribution in [0.15, 0.2) is 65.5 Å². The summed E-state index contributed by atoms with van der Waals surface area (Å²) < 4.78 is 40.6. The van der Waals surface area contributed by atoms with Crippen molar-refractivity contribution in [3.63, 3.8) is 0 Å². The summed E-state index contributed by atoms with van der Waals surface area (Å²) in [6, 6.07) is 16.1. The molecule has 0 radical (unpaired) electrons. The summed E-state index contributed by atoms with van der Waals surface area (Å²) in [4.78, 5) is 29.1. The number of carbonyl (C=O) groups is 1. The third-order valence-electron chi connectivity index (χ3n) is 6.17. The highest BCUT2D eigenvalue weighted by Gasteiger charge is 2.31. The SMILES string of the molecule is Cc1cc(=O)c(C(=O)NCCCN2CCN(c3cccc(C(F)(F)F)c3)CC2)nn1-c1ccccc1. The van der Waals surface area contributed by atoms with Crippen LogP contribution in [0.2, 0.25) is 0 Å². The number of piperazine rings is 1. The summed E-state index contributed by atoms with van der Waals surface area (Å²) >= 11 is 0. The number of nitrogens with zero attached hydrogens (tertiary/aromatic N) is 4. The van der Waals surface area contributed by atoms with Gasteiger partial charge in [-0.1, -0.05) is 24.3 Å². The van der Waals surface area contributed by atoms with Crippen molar-refractivity contribution in [3.05, 3.63) is 87.8 Å². The van der Waals surface area contributed by atoms with Crippen molar-refractivity contribution in [1.82, 2.24) is 20.0 Å². The number of alkyl halides is 3. The highest BCUT2D eigenvalue weighted by Crippen LogP contribution is 2.31. The maximum absolute atomic E-state index is 13.0. The molecule has 2 aromatic carbocycles. The maximum atomic E-state index is 13.0. The zero-order valence-corrected chi connectivity index (χ0v) is 20.0. The molecule has 0 atom stereocenters.